The first kappa shape index (κ1) is 24.3. The maximum Gasteiger partial charge on any atom is 0.416 e. The average molecular weight is 501 g/mol. The lowest BCUT2D eigenvalue weighted by atomic mass is 9.77. The SMILES string of the molecule is Cc1nc2cc(C(F)(F)F)c(C(C)Nc3ccc(C(=O)N4CCC5(CC4)COC5)cc3)cc2c(=O)[nH]1. The number of halogens is 3. The highest BCUT2D eigenvalue weighted by Gasteiger charge is 2.42. The molecule has 0 saturated carbocycles. The van der Waals surface area contributed by atoms with Crippen LogP contribution in [0.5, 0.6) is 0 Å². The predicted molar refractivity (Wildman–Crippen MR) is 129 cm³/mol. The van der Waals surface area contributed by atoms with Crippen molar-refractivity contribution >= 4 is 22.5 Å². The van der Waals surface area contributed by atoms with E-state index in [0.717, 1.165) is 32.1 Å². The van der Waals surface area contributed by atoms with E-state index < -0.39 is 23.3 Å². The van der Waals surface area contributed by atoms with E-state index >= 15 is 0 Å². The van der Waals surface area contributed by atoms with E-state index in [1.54, 1.807) is 31.2 Å². The molecule has 5 rings (SSSR count). The summed E-state index contributed by atoms with van der Waals surface area (Å²) in [5, 5.41) is 3.16. The highest BCUT2D eigenvalue weighted by molar-refractivity contribution is 5.94. The van der Waals surface area contributed by atoms with Gasteiger partial charge in [-0.25, -0.2) is 4.98 Å². The number of carbonyl (C=O) groups excluding carboxylic acids is 1. The number of amides is 1. The van der Waals surface area contributed by atoms with Crippen molar-refractivity contribution in [2.24, 2.45) is 5.41 Å². The molecule has 1 unspecified atom stereocenters. The zero-order valence-electron chi connectivity index (χ0n) is 20.0. The number of nitrogens with zero attached hydrogens (tertiary/aromatic N) is 2. The van der Waals surface area contributed by atoms with Crippen LogP contribution in [0.3, 0.4) is 0 Å². The number of aromatic amines is 1. The van der Waals surface area contributed by atoms with E-state index in [-0.39, 0.29) is 33.6 Å². The van der Waals surface area contributed by atoms with Crippen LogP contribution in [0.15, 0.2) is 41.2 Å². The average Bonchev–Trinajstić information content (AvgIpc) is 2.82. The fourth-order valence-electron chi connectivity index (χ4n) is 5.01. The monoisotopic (exact) mass is 500 g/mol. The van der Waals surface area contributed by atoms with Crippen LogP contribution < -0.4 is 10.9 Å². The van der Waals surface area contributed by atoms with Gasteiger partial charge in [-0.15, -0.1) is 0 Å². The number of aromatic nitrogens is 2. The van der Waals surface area contributed by atoms with Crippen LogP contribution in [-0.2, 0) is 10.9 Å². The second kappa shape index (κ2) is 8.92. The summed E-state index contributed by atoms with van der Waals surface area (Å²) in [6.45, 7) is 6.03. The Kier molecular flexibility index (Phi) is 6.02. The number of hydrogen-bond acceptors (Lipinski definition) is 5. The molecule has 1 aromatic heterocycles. The molecular formula is C26H27F3N4O3. The number of rotatable bonds is 4. The fourth-order valence-corrected chi connectivity index (χ4v) is 5.01. The Morgan fingerprint density at radius 2 is 1.83 bits per heavy atom. The Hall–Kier alpha value is -3.40. The molecule has 7 nitrogen and oxygen atoms in total. The van der Waals surface area contributed by atoms with Gasteiger partial charge in [0.15, 0.2) is 0 Å². The Morgan fingerprint density at radius 3 is 2.42 bits per heavy atom. The number of benzene rings is 2. The third kappa shape index (κ3) is 4.57. The number of nitrogens with one attached hydrogen (secondary N) is 2. The molecule has 3 heterocycles. The van der Waals surface area contributed by atoms with Gasteiger partial charge in [0, 0.05) is 35.8 Å². The van der Waals surface area contributed by atoms with Crippen molar-refractivity contribution in [3.05, 3.63) is 69.3 Å². The molecule has 1 atom stereocenters. The van der Waals surface area contributed by atoms with Gasteiger partial charge in [-0.3, -0.25) is 9.59 Å². The first-order chi connectivity index (χ1) is 17.0. The number of alkyl halides is 3. The summed E-state index contributed by atoms with van der Waals surface area (Å²) < 4.78 is 47.0. The van der Waals surface area contributed by atoms with Crippen LogP contribution in [0.2, 0.25) is 0 Å². The van der Waals surface area contributed by atoms with Gasteiger partial charge in [0.1, 0.15) is 5.82 Å². The van der Waals surface area contributed by atoms with Crippen LogP contribution in [0.4, 0.5) is 18.9 Å². The molecule has 0 radical (unpaired) electrons. The van der Waals surface area contributed by atoms with Gasteiger partial charge >= 0.3 is 6.18 Å². The van der Waals surface area contributed by atoms with Gasteiger partial charge in [0.05, 0.1) is 29.7 Å². The first-order valence-corrected chi connectivity index (χ1v) is 11.9. The summed E-state index contributed by atoms with van der Waals surface area (Å²) in [6.07, 6.45) is -2.76. The molecule has 10 heteroatoms. The number of H-pyrrole nitrogens is 1. The lowest BCUT2D eigenvalue weighted by Gasteiger charge is -2.47. The maximum absolute atomic E-state index is 13.9. The first-order valence-electron chi connectivity index (χ1n) is 11.9. The summed E-state index contributed by atoms with van der Waals surface area (Å²) >= 11 is 0. The number of fused-ring (bicyclic) bond motifs is 1. The zero-order valence-corrected chi connectivity index (χ0v) is 20.0. The number of likely N-dealkylation sites (tertiary alicyclic amines) is 1. The number of carbonyl (C=O) groups is 1. The van der Waals surface area contributed by atoms with Crippen molar-refractivity contribution < 1.29 is 22.7 Å². The molecule has 2 aliphatic rings. The standard InChI is InChI=1S/C26H27F3N4O3/c1-15(19-11-20-22(12-21(19)26(27,28)29)31-16(2)32-23(20)34)30-18-5-3-17(4-6-18)24(35)33-9-7-25(8-10-33)13-36-14-25/h3-6,11-12,15,30H,7-10,13-14H2,1-2H3,(H,31,32,34). The van der Waals surface area contributed by atoms with Crippen LogP contribution in [0, 0.1) is 12.3 Å². The molecule has 1 amide bonds. The van der Waals surface area contributed by atoms with Crippen LogP contribution in [0.25, 0.3) is 10.9 Å². The molecule has 1 spiro atoms. The lowest BCUT2D eigenvalue weighted by molar-refractivity contribution is -0.138. The summed E-state index contributed by atoms with van der Waals surface area (Å²) in [5.41, 5.74) is -0.0751. The van der Waals surface area contributed by atoms with Crippen molar-refractivity contribution in [2.75, 3.05) is 31.6 Å². The van der Waals surface area contributed by atoms with Gasteiger partial charge in [-0.05, 0) is 68.7 Å². The van der Waals surface area contributed by atoms with Gasteiger partial charge in [0.2, 0.25) is 0 Å². The molecule has 2 aliphatic heterocycles. The van der Waals surface area contributed by atoms with Gasteiger partial charge in [0.25, 0.3) is 11.5 Å². The molecule has 2 N–H and O–H groups in total. The van der Waals surface area contributed by atoms with E-state index in [0.29, 0.717) is 24.3 Å². The van der Waals surface area contributed by atoms with Crippen LogP contribution in [0.1, 0.15) is 53.1 Å². The van der Waals surface area contributed by atoms with Crippen molar-refractivity contribution in [3.8, 4) is 0 Å². The third-order valence-corrected chi connectivity index (χ3v) is 7.21. The van der Waals surface area contributed by atoms with Gasteiger partial charge in [-0.2, -0.15) is 13.2 Å². The predicted octanol–water partition coefficient (Wildman–Crippen LogP) is 4.68. The van der Waals surface area contributed by atoms with E-state index in [1.165, 1.54) is 13.0 Å². The number of hydrogen-bond donors (Lipinski definition) is 2. The van der Waals surface area contributed by atoms with Crippen molar-refractivity contribution in [1.29, 1.82) is 0 Å². The van der Waals surface area contributed by atoms with E-state index in [4.69, 9.17) is 4.74 Å². The number of piperidine rings is 1. The van der Waals surface area contributed by atoms with Gasteiger partial charge in [-0.1, -0.05) is 0 Å². The molecule has 2 fully saturated rings. The van der Waals surface area contributed by atoms with Crippen LogP contribution in [-0.4, -0.2) is 47.1 Å². The van der Waals surface area contributed by atoms with E-state index in [9.17, 15) is 22.8 Å². The molecule has 190 valence electrons. The Morgan fingerprint density at radius 1 is 1.17 bits per heavy atom. The topological polar surface area (TPSA) is 87.3 Å². The summed E-state index contributed by atoms with van der Waals surface area (Å²) in [6, 6.07) is 8.12. The molecular weight excluding hydrogens is 473 g/mol. The van der Waals surface area contributed by atoms with Gasteiger partial charge < -0.3 is 19.9 Å². The smallest absolute Gasteiger partial charge is 0.380 e. The van der Waals surface area contributed by atoms with Crippen molar-refractivity contribution in [3.63, 3.8) is 0 Å². The Bertz CT molecular complexity index is 1350. The summed E-state index contributed by atoms with van der Waals surface area (Å²) in [4.78, 5) is 33.7. The number of anilines is 1. The van der Waals surface area contributed by atoms with Crippen molar-refractivity contribution in [1.82, 2.24) is 14.9 Å². The zero-order chi connectivity index (χ0) is 25.7. The quantitative estimate of drug-likeness (QED) is 0.544. The second-order valence-corrected chi connectivity index (χ2v) is 9.83. The second-order valence-electron chi connectivity index (χ2n) is 9.83. The lowest BCUT2D eigenvalue weighted by Crippen LogP contribution is -2.52. The van der Waals surface area contributed by atoms with E-state index in [2.05, 4.69) is 15.3 Å². The normalized spacial score (nSPS) is 18.2. The largest absolute Gasteiger partial charge is 0.416 e. The molecule has 0 bridgehead atoms. The van der Waals surface area contributed by atoms with Crippen LogP contribution >= 0.6 is 0 Å². The number of ether oxygens (including phenoxy) is 1. The molecule has 2 saturated heterocycles. The minimum absolute atomic E-state index is 0.00384. The minimum Gasteiger partial charge on any atom is -0.380 e. The summed E-state index contributed by atoms with van der Waals surface area (Å²) in [7, 11) is 0. The number of aryl methyl sites for hydroxylation is 1. The highest BCUT2D eigenvalue weighted by atomic mass is 19.4. The summed E-state index contributed by atoms with van der Waals surface area (Å²) in [5.74, 6) is 0.191. The molecule has 2 aromatic carbocycles. The molecule has 3 aromatic rings. The van der Waals surface area contributed by atoms with E-state index in [1.807, 2.05) is 4.90 Å². The Balaban J connectivity index is 1.34. The maximum atomic E-state index is 13.9. The van der Waals surface area contributed by atoms with Crippen molar-refractivity contribution in [2.45, 2.75) is 38.9 Å². The third-order valence-electron chi connectivity index (χ3n) is 7.21. The Labute approximate surface area is 205 Å². The highest BCUT2D eigenvalue weighted by Crippen LogP contribution is 2.39. The minimum atomic E-state index is -4.62. The molecule has 36 heavy (non-hydrogen) atoms. The molecule has 0 aliphatic carbocycles. The fraction of sp³-hybridized carbons (Fsp3) is 0.423.